The minimum absolute atomic E-state index is 0.0513. The van der Waals surface area contributed by atoms with E-state index >= 15 is 0 Å². The van der Waals surface area contributed by atoms with E-state index in [4.69, 9.17) is 14.2 Å². The number of phenols is 1. The van der Waals surface area contributed by atoms with Crippen LogP contribution in [0.4, 0.5) is 0 Å². The van der Waals surface area contributed by atoms with Crippen LogP contribution >= 0.6 is 0 Å². The topological polar surface area (TPSA) is 119 Å². The molecule has 8 nitrogen and oxygen atoms in total. The molecule has 216 valence electrons. The highest BCUT2D eigenvalue weighted by molar-refractivity contribution is 6.19. The fourth-order valence-electron chi connectivity index (χ4n) is 7.44. The summed E-state index contributed by atoms with van der Waals surface area (Å²) in [6.45, 7) is 13.0. The van der Waals surface area contributed by atoms with E-state index in [0.29, 0.717) is 35.3 Å². The molecule has 4 atom stereocenters. The second kappa shape index (κ2) is 8.44. The molecular weight excluding hydrogens is 524 g/mol. The number of aliphatic carboxylic acids is 1. The van der Waals surface area contributed by atoms with Crippen molar-refractivity contribution >= 4 is 23.6 Å². The summed E-state index contributed by atoms with van der Waals surface area (Å²) in [6, 6.07) is 0. The molecule has 1 saturated heterocycles. The number of carbonyl (C=O) groups excluding carboxylic acids is 2. The molecule has 6 aliphatic rings. The Morgan fingerprint density at radius 1 is 1.07 bits per heavy atom. The maximum atomic E-state index is 14.5. The number of carboxylic acid groups (broad SMARTS) is 1. The van der Waals surface area contributed by atoms with Gasteiger partial charge in [-0.15, -0.1) is 0 Å². The fourth-order valence-corrected chi connectivity index (χ4v) is 7.44. The molecule has 4 bridgehead atoms. The van der Waals surface area contributed by atoms with Crippen molar-refractivity contribution < 1.29 is 38.8 Å². The Bertz CT molecular complexity index is 1560. The predicted molar refractivity (Wildman–Crippen MR) is 151 cm³/mol. The molecule has 7 rings (SSSR count). The molecule has 41 heavy (non-hydrogen) atoms. The van der Waals surface area contributed by atoms with Crippen LogP contribution in [0.15, 0.2) is 41.0 Å². The molecule has 0 aromatic heterocycles. The summed E-state index contributed by atoms with van der Waals surface area (Å²) in [6.07, 6.45) is 9.54. The number of hydrogen-bond acceptors (Lipinski definition) is 7. The number of ether oxygens (including phenoxy) is 3. The summed E-state index contributed by atoms with van der Waals surface area (Å²) in [4.78, 5) is 40.4. The van der Waals surface area contributed by atoms with Gasteiger partial charge in [0.15, 0.2) is 22.8 Å². The standard InChI is InChI=1S/C33H36O8/c1-16(2)8-9-20-26-19(11-12-30(4,5)39-26)24(34)23-25(35)21-14-18-15-22-31(6,7)41-32(28(18)36,13-10-17(3)29(37)38)33(21,22)40-27(20)23/h8,10-12,14,18,22,34H,9,13,15H2,1-7H3,(H,37,38)/t18-,22+,32+,33-/m1/s1. The first-order valence-electron chi connectivity index (χ1n) is 14.1. The lowest BCUT2D eigenvalue weighted by Crippen LogP contribution is -2.72. The Hall–Kier alpha value is -3.65. The lowest BCUT2D eigenvalue weighted by molar-refractivity contribution is -0.171. The first-order valence-corrected chi connectivity index (χ1v) is 14.1. The third-order valence-corrected chi connectivity index (χ3v) is 9.37. The lowest BCUT2D eigenvalue weighted by atomic mass is 9.51. The zero-order chi connectivity index (χ0) is 29.9. The maximum absolute atomic E-state index is 14.5. The summed E-state index contributed by atoms with van der Waals surface area (Å²) in [7, 11) is 0. The van der Waals surface area contributed by atoms with Gasteiger partial charge in [-0.3, -0.25) is 9.59 Å². The van der Waals surface area contributed by atoms with E-state index in [2.05, 4.69) is 0 Å². The van der Waals surface area contributed by atoms with Crippen LogP contribution in [0.5, 0.6) is 17.2 Å². The van der Waals surface area contributed by atoms with E-state index in [9.17, 15) is 24.6 Å². The highest BCUT2D eigenvalue weighted by Crippen LogP contribution is 2.68. The van der Waals surface area contributed by atoms with E-state index in [1.54, 1.807) is 12.2 Å². The van der Waals surface area contributed by atoms with Gasteiger partial charge < -0.3 is 24.4 Å². The van der Waals surface area contributed by atoms with E-state index in [1.807, 2.05) is 53.7 Å². The monoisotopic (exact) mass is 560 g/mol. The number of carbonyl (C=O) groups is 3. The SMILES string of the molecule is CC(C)=CCc1c2c(c(O)c3c1O[C@]14C(=C[C@@H]5C[C@H]1C(C)(C)O[C@@]4(CC=C(C)C(=O)O)C5=O)C3=O)C=CC(C)(C)O2. The smallest absolute Gasteiger partial charge is 0.330 e. The first kappa shape index (κ1) is 27.5. The summed E-state index contributed by atoms with van der Waals surface area (Å²) < 4.78 is 20.1. The molecule has 0 unspecified atom stereocenters. The molecule has 0 amide bonds. The molecule has 0 radical (unpaired) electrons. The van der Waals surface area contributed by atoms with Crippen LogP contribution in [0, 0.1) is 11.8 Å². The number of allylic oxidation sites excluding steroid dienone is 3. The van der Waals surface area contributed by atoms with Gasteiger partial charge in [-0.25, -0.2) is 4.79 Å². The van der Waals surface area contributed by atoms with Crippen LogP contribution < -0.4 is 9.47 Å². The average molecular weight is 561 g/mol. The van der Waals surface area contributed by atoms with Gasteiger partial charge in [-0.2, -0.15) is 0 Å². The second-order valence-corrected chi connectivity index (χ2v) is 13.2. The van der Waals surface area contributed by atoms with Crippen LogP contribution in [-0.2, 0) is 20.7 Å². The summed E-state index contributed by atoms with van der Waals surface area (Å²) in [5.41, 5.74) is -2.14. The Labute approximate surface area is 239 Å². The Morgan fingerprint density at radius 2 is 1.78 bits per heavy atom. The Morgan fingerprint density at radius 3 is 2.44 bits per heavy atom. The number of aromatic hydroxyl groups is 1. The van der Waals surface area contributed by atoms with Gasteiger partial charge in [0.2, 0.25) is 0 Å². The Kier molecular flexibility index (Phi) is 5.67. The van der Waals surface area contributed by atoms with Crippen molar-refractivity contribution in [1.29, 1.82) is 0 Å². The van der Waals surface area contributed by atoms with Gasteiger partial charge in [0.05, 0.1) is 11.2 Å². The number of carboxylic acids is 1. The summed E-state index contributed by atoms with van der Waals surface area (Å²) >= 11 is 0. The van der Waals surface area contributed by atoms with E-state index < -0.39 is 40.1 Å². The van der Waals surface area contributed by atoms with Gasteiger partial charge >= 0.3 is 5.97 Å². The van der Waals surface area contributed by atoms with Gasteiger partial charge in [0.25, 0.3) is 0 Å². The average Bonchev–Trinajstić information content (AvgIpc) is 3.03. The van der Waals surface area contributed by atoms with Crippen molar-refractivity contribution in [2.24, 2.45) is 11.8 Å². The summed E-state index contributed by atoms with van der Waals surface area (Å²) in [5, 5.41) is 21.1. The van der Waals surface area contributed by atoms with E-state index in [-0.39, 0.29) is 40.8 Å². The number of fused-ring (bicyclic) bond motifs is 2. The van der Waals surface area contributed by atoms with Gasteiger partial charge in [-0.05, 0) is 73.5 Å². The minimum atomic E-state index is -1.61. The molecule has 2 fully saturated rings. The van der Waals surface area contributed by atoms with Gasteiger partial charge in [0, 0.05) is 35.0 Å². The van der Waals surface area contributed by atoms with Gasteiger partial charge in [-0.1, -0.05) is 23.8 Å². The number of phenolic OH excluding ortho intramolecular Hbond substituents is 1. The van der Waals surface area contributed by atoms with Crippen LogP contribution in [0.1, 0.15) is 82.8 Å². The quantitative estimate of drug-likeness (QED) is 0.357. The number of hydrogen-bond donors (Lipinski definition) is 2. The summed E-state index contributed by atoms with van der Waals surface area (Å²) in [5.74, 6) is -2.29. The van der Waals surface area contributed by atoms with Gasteiger partial charge in [0.1, 0.15) is 28.4 Å². The van der Waals surface area contributed by atoms with Crippen LogP contribution in [-0.4, -0.2) is 50.2 Å². The molecule has 8 heteroatoms. The molecule has 1 aromatic rings. The Balaban J connectivity index is 1.66. The normalized spacial score (nSPS) is 31.4. The van der Waals surface area contributed by atoms with Crippen molar-refractivity contribution in [3.05, 3.63) is 57.7 Å². The number of benzene rings is 1. The molecule has 1 saturated carbocycles. The van der Waals surface area contributed by atoms with E-state index in [0.717, 1.165) is 5.57 Å². The molecule has 3 heterocycles. The van der Waals surface area contributed by atoms with Crippen LogP contribution in [0.2, 0.25) is 0 Å². The van der Waals surface area contributed by atoms with Crippen LogP contribution in [0.25, 0.3) is 6.08 Å². The van der Waals surface area contributed by atoms with Crippen molar-refractivity contribution in [2.75, 3.05) is 0 Å². The third-order valence-electron chi connectivity index (χ3n) is 9.37. The van der Waals surface area contributed by atoms with E-state index in [1.165, 1.54) is 13.0 Å². The third kappa shape index (κ3) is 3.52. The van der Waals surface area contributed by atoms with Crippen LogP contribution in [0.3, 0.4) is 0 Å². The second-order valence-electron chi connectivity index (χ2n) is 13.2. The number of ketones is 2. The number of Topliss-reactive ketones (excluding diaryl/α,β-unsaturated/α-hetero) is 2. The number of rotatable bonds is 5. The molecule has 3 aliphatic heterocycles. The molecule has 3 aliphatic carbocycles. The highest BCUT2D eigenvalue weighted by atomic mass is 16.6. The zero-order valence-electron chi connectivity index (χ0n) is 24.5. The molecule has 2 N–H and O–H groups in total. The lowest BCUT2D eigenvalue weighted by Gasteiger charge is -2.56. The molecular formula is C33H36O8. The van der Waals surface area contributed by atoms with Crippen molar-refractivity contribution in [2.45, 2.75) is 90.1 Å². The first-order chi connectivity index (χ1) is 19.1. The predicted octanol–water partition coefficient (Wildman–Crippen LogP) is 5.51. The minimum Gasteiger partial charge on any atom is -0.506 e. The van der Waals surface area contributed by atoms with Crippen molar-refractivity contribution in [3.63, 3.8) is 0 Å². The van der Waals surface area contributed by atoms with Crippen molar-refractivity contribution in [1.82, 2.24) is 0 Å². The van der Waals surface area contributed by atoms with Crippen molar-refractivity contribution in [3.8, 4) is 17.2 Å². The molecule has 1 aromatic carbocycles. The largest absolute Gasteiger partial charge is 0.506 e. The molecule has 1 spiro atoms. The fraction of sp³-hybridized carbons (Fsp3) is 0.485. The zero-order valence-corrected chi connectivity index (χ0v) is 24.5. The maximum Gasteiger partial charge on any atom is 0.330 e. The highest BCUT2D eigenvalue weighted by Gasteiger charge is 2.81.